The highest BCUT2D eigenvalue weighted by molar-refractivity contribution is 7.89. The molecule has 0 N–H and O–H groups in total. The number of carbonyl (C=O) groups excluding carboxylic acids is 1. The highest BCUT2D eigenvalue weighted by atomic mass is 32.2. The van der Waals surface area contributed by atoms with Gasteiger partial charge in [-0.3, -0.25) is 4.79 Å². The third-order valence-corrected chi connectivity index (χ3v) is 7.52. The number of hydrogen-bond acceptors (Lipinski definition) is 3. The largest absolute Gasteiger partial charge is 0.333 e. The molecule has 0 aliphatic heterocycles. The number of nitrogens with zero attached hydrogens (tertiary/aromatic N) is 2. The van der Waals surface area contributed by atoms with E-state index in [1.165, 1.54) is 10.7 Å². The number of carbonyl (C=O) groups is 1. The minimum atomic E-state index is -3.51. The summed E-state index contributed by atoms with van der Waals surface area (Å²) in [5, 5.41) is 0. The number of amides is 1. The standard InChI is InChI=1S/C20H30N2O3S/c1-15(2)22(18-11-12-18)20(23)16-9-13-19(14-10-16)26(24,25)21(3)17-7-5-4-6-8-17/h9-10,13-15,17-18H,4-8,11-12H2,1-3H3. The summed E-state index contributed by atoms with van der Waals surface area (Å²) in [6.45, 7) is 4.04. The van der Waals surface area contributed by atoms with Crippen molar-refractivity contribution in [1.82, 2.24) is 9.21 Å². The van der Waals surface area contributed by atoms with Gasteiger partial charge in [0.2, 0.25) is 10.0 Å². The van der Waals surface area contributed by atoms with Crippen molar-refractivity contribution in [3.8, 4) is 0 Å². The van der Waals surface area contributed by atoms with Gasteiger partial charge in [0.1, 0.15) is 0 Å². The lowest BCUT2D eigenvalue weighted by Crippen LogP contribution is -2.39. The maximum Gasteiger partial charge on any atom is 0.254 e. The second-order valence-electron chi connectivity index (χ2n) is 7.87. The average Bonchev–Trinajstić information content (AvgIpc) is 3.46. The van der Waals surface area contributed by atoms with Crippen molar-refractivity contribution in [2.75, 3.05) is 7.05 Å². The van der Waals surface area contributed by atoms with Crippen molar-refractivity contribution in [1.29, 1.82) is 0 Å². The summed E-state index contributed by atoms with van der Waals surface area (Å²) in [6, 6.07) is 7.03. The number of sulfonamides is 1. The van der Waals surface area contributed by atoms with E-state index < -0.39 is 10.0 Å². The fraction of sp³-hybridized carbons (Fsp3) is 0.650. The van der Waals surface area contributed by atoms with Crippen LogP contribution in [-0.4, -0.2) is 48.7 Å². The third kappa shape index (κ3) is 3.96. The molecule has 3 rings (SSSR count). The van der Waals surface area contributed by atoms with Crippen molar-refractivity contribution >= 4 is 15.9 Å². The molecule has 0 heterocycles. The second-order valence-corrected chi connectivity index (χ2v) is 9.87. The van der Waals surface area contributed by atoms with E-state index in [0.29, 0.717) is 11.6 Å². The van der Waals surface area contributed by atoms with Gasteiger partial charge in [-0.1, -0.05) is 19.3 Å². The van der Waals surface area contributed by atoms with E-state index in [4.69, 9.17) is 0 Å². The minimum Gasteiger partial charge on any atom is -0.333 e. The monoisotopic (exact) mass is 378 g/mol. The van der Waals surface area contributed by atoms with Crippen LogP contribution in [0.25, 0.3) is 0 Å². The fourth-order valence-electron chi connectivity index (χ4n) is 3.90. The summed E-state index contributed by atoms with van der Waals surface area (Å²) in [4.78, 5) is 15.0. The molecule has 2 saturated carbocycles. The molecule has 2 aliphatic rings. The van der Waals surface area contributed by atoms with Crippen LogP contribution in [0.15, 0.2) is 29.2 Å². The quantitative estimate of drug-likeness (QED) is 0.759. The van der Waals surface area contributed by atoms with E-state index in [1.807, 2.05) is 18.7 Å². The molecule has 0 aromatic heterocycles. The molecule has 0 unspecified atom stereocenters. The van der Waals surface area contributed by atoms with Gasteiger partial charge in [0.05, 0.1) is 4.90 Å². The molecular formula is C20H30N2O3S. The van der Waals surface area contributed by atoms with Gasteiger partial charge in [-0.15, -0.1) is 0 Å². The van der Waals surface area contributed by atoms with Crippen molar-refractivity contribution < 1.29 is 13.2 Å². The Morgan fingerprint density at radius 2 is 1.54 bits per heavy atom. The van der Waals surface area contributed by atoms with Crippen LogP contribution in [0.1, 0.15) is 69.2 Å². The molecule has 5 nitrogen and oxygen atoms in total. The molecule has 0 radical (unpaired) electrons. The Bertz CT molecular complexity index is 731. The molecule has 1 aromatic carbocycles. The van der Waals surface area contributed by atoms with Crippen LogP contribution in [0, 0.1) is 0 Å². The minimum absolute atomic E-state index is 0.00733. The molecule has 2 fully saturated rings. The van der Waals surface area contributed by atoms with Crippen molar-refractivity contribution in [2.24, 2.45) is 0 Å². The van der Waals surface area contributed by atoms with Crippen LogP contribution in [0.3, 0.4) is 0 Å². The number of benzene rings is 1. The van der Waals surface area contributed by atoms with E-state index in [9.17, 15) is 13.2 Å². The van der Waals surface area contributed by atoms with Crippen molar-refractivity contribution in [3.63, 3.8) is 0 Å². The molecule has 0 spiro atoms. The fourth-order valence-corrected chi connectivity index (χ4v) is 5.32. The zero-order valence-corrected chi connectivity index (χ0v) is 16.8. The number of hydrogen-bond donors (Lipinski definition) is 0. The lowest BCUT2D eigenvalue weighted by molar-refractivity contribution is 0.0690. The van der Waals surface area contributed by atoms with Gasteiger partial charge < -0.3 is 4.90 Å². The molecule has 1 aromatic rings. The van der Waals surface area contributed by atoms with Gasteiger partial charge in [0.25, 0.3) is 5.91 Å². The van der Waals surface area contributed by atoms with Gasteiger partial charge in [0.15, 0.2) is 0 Å². The van der Waals surface area contributed by atoms with E-state index in [-0.39, 0.29) is 22.9 Å². The van der Waals surface area contributed by atoms with Crippen LogP contribution in [0.5, 0.6) is 0 Å². The zero-order chi connectivity index (χ0) is 18.9. The van der Waals surface area contributed by atoms with E-state index >= 15 is 0 Å². The predicted octanol–water partition coefficient (Wildman–Crippen LogP) is 3.65. The van der Waals surface area contributed by atoms with Crippen LogP contribution >= 0.6 is 0 Å². The Morgan fingerprint density at radius 1 is 0.962 bits per heavy atom. The van der Waals surface area contributed by atoms with Gasteiger partial charge in [0, 0.05) is 30.7 Å². The first-order chi connectivity index (χ1) is 12.3. The Hall–Kier alpha value is -1.40. The van der Waals surface area contributed by atoms with Crippen molar-refractivity contribution in [2.45, 2.75) is 81.8 Å². The zero-order valence-electron chi connectivity index (χ0n) is 16.0. The Kier molecular flexibility index (Phi) is 5.72. The normalized spacial score (nSPS) is 19.1. The molecular weight excluding hydrogens is 348 g/mol. The molecule has 1 amide bonds. The average molecular weight is 379 g/mol. The van der Waals surface area contributed by atoms with E-state index in [0.717, 1.165) is 38.5 Å². The molecule has 144 valence electrons. The van der Waals surface area contributed by atoms with Gasteiger partial charge in [-0.2, -0.15) is 4.31 Å². The molecule has 0 atom stereocenters. The first-order valence-corrected chi connectivity index (χ1v) is 11.2. The summed E-state index contributed by atoms with van der Waals surface area (Å²) in [7, 11) is -1.83. The first-order valence-electron chi connectivity index (χ1n) is 9.73. The lowest BCUT2D eigenvalue weighted by atomic mass is 9.96. The summed E-state index contributed by atoms with van der Waals surface area (Å²) >= 11 is 0. The summed E-state index contributed by atoms with van der Waals surface area (Å²) in [6.07, 6.45) is 7.34. The molecule has 26 heavy (non-hydrogen) atoms. The highest BCUT2D eigenvalue weighted by Crippen LogP contribution is 2.31. The second kappa shape index (κ2) is 7.69. The van der Waals surface area contributed by atoms with Gasteiger partial charge in [-0.05, 0) is 63.8 Å². The van der Waals surface area contributed by atoms with Crippen LogP contribution < -0.4 is 0 Å². The van der Waals surface area contributed by atoms with E-state index in [1.54, 1.807) is 31.3 Å². The van der Waals surface area contributed by atoms with Crippen LogP contribution in [0.2, 0.25) is 0 Å². The SMILES string of the molecule is CC(C)N(C(=O)c1ccc(S(=O)(=O)N(C)C2CCCCC2)cc1)C1CC1. The predicted molar refractivity (Wildman–Crippen MR) is 103 cm³/mol. The molecule has 0 bridgehead atoms. The third-order valence-electron chi connectivity index (χ3n) is 5.60. The smallest absolute Gasteiger partial charge is 0.254 e. The highest BCUT2D eigenvalue weighted by Gasteiger charge is 2.35. The van der Waals surface area contributed by atoms with Gasteiger partial charge in [-0.25, -0.2) is 8.42 Å². The van der Waals surface area contributed by atoms with Crippen molar-refractivity contribution in [3.05, 3.63) is 29.8 Å². The van der Waals surface area contributed by atoms with Crippen LogP contribution in [-0.2, 0) is 10.0 Å². The van der Waals surface area contributed by atoms with E-state index in [2.05, 4.69) is 0 Å². The lowest BCUT2D eigenvalue weighted by Gasteiger charge is -2.30. The number of rotatable bonds is 6. The first kappa shape index (κ1) is 19.4. The maximum absolute atomic E-state index is 12.9. The Morgan fingerprint density at radius 3 is 2.04 bits per heavy atom. The summed E-state index contributed by atoms with van der Waals surface area (Å²) < 4.78 is 27.3. The maximum atomic E-state index is 12.9. The Labute approximate surface area is 157 Å². The summed E-state index contributed by atoms with van der Waals surface area (Å²) in [5.74, 6) is -0.00733. The Balaban J connectivity index is 1.76. The van der Waals surface area contributed by atoms with Gasteiger partial charge >= 0.3 is 0 Å². The molecule has 2 aliphatic carbocycles. The summed E-state index contributed by atoms with van der Waals surface area (Å²) in [5.41, 5.74) is 0.560. The topological polar surface area (TPSA) is 57.7 Å². The molecule has 6 heteroatoms. The van der Waals surface area contributed by atoms with Crippen LogP contribution in [0.4, 0.5) is 0 Å². The molecule has 0 saturated heterocycles.